The third kappa shape index (κ3) is 6.39. The number of carbonyl (C=O) groups excluding carboxylic acids is 1. The van der Waals surface area contributed by atoms with E-state index in [-0.39, 0.29) is 11.9 Å². The van der Waals surface area contributed by atoms with Gasteiger partial charge in [-0.2, -0.15) is 0 Å². The Bertz CT molecular complexity index is 390. The van der Waals surface area contributed by atoms with Gasteiger partial charge in [-0.05, 0) is 25.8 Å². The summed E-state index contributed by atoms with van der Waals surface area (Å²) in [7, 11) is 0. The lowest BCUT2D eigenvalue weighted by molar-refractivity contribution is -0.122. The Morgan fingerprint density at radius 2 is 2.11 bits per heavy atom. The number of benzene rings is 1. The van der Waals surface area contributed by atoms with Crippen LogP contribution in [0.3, 0.4) is 0 Å². The molecule has 0 spiro atoms. The van der Waals surface area contributed by atoms with Gasteiger partial charge in [0.25, 0.3) is 0 Å². The Balaban J connectivity index is 2.26. The van der Waals surface area contributed by atoms with Crippen LogP contribution in [0, 0.1) is 6.92 Å². The second kappa shape index (κ2) is 8.70. The SMILES string of the molecule is CCCCCNC(=O)C(C)NCc1cccc(C)c1. The molecular weight excluding hydrogens is 236 g/mol. The molecule has 0 saturated carbocycles. The number of hydrogen-bond acceptors (Lipinski definition) is 2. The van der Waals surface area contributed by atoms with E-state index >= 15 is 0 Å². The van der Waals surface area contributed by atoms with Gasteiger partial charge in [-0.15, -0.1) is 0 Å². The number of rotatable bonds is 8. The highest BCUT2D eigenvalue weighted by molar-refractivity contribution is 5.81. The summed E-state index contributed by atoms with van der Waals surface area (Å²) in [5.74, 6) is 0.0868. The van der Waals surface area contributed by atoms with Crippen LogP contribution in [0.5, 0.6) is 0 Å². The maximum Gasteiger partial charge on any atom is 0.236 e. The van der Waals surface area contributed by atoms with Crippen LogP contribution in [0.4, 0.5) is 0 Å². The first-order valence-corrected chi connectivity index (χ1v) is 7.20. The largest absolute Gasteiger partial charge is 0.355 e. The van der Waals surface area contributed by atoms with Crippen LogP contribution in [0.15, 0.2) is 24.3 Å². The molecule has 0 bridgehead atoms. The molecule has 0 saturated heterocycles. The van der Waals surface area contributed by atoms with E-state index in [2.05, 4.69) is 42.7 Å². The fraction of sp³-hybridized carbons (Fsp3) is 0.562. The van der Waals surface area contributed by atoms with Crippen LogP contribution >= 0.6 is 0 Å². The molecule has 3 heteroatoms. The average molecular weight is 262 g/mol. The zero-order valence-electron chi connectivity index (χ0n) is 12.3. The molecule has 0 fully saturated rings. The number of amides is 1. The third-order valence-electron chi connectivity index (χ3n) is 3.17. The van der Waals surface area contributed by atoms with Crippen molar-refractivity contribution in [3.8, 4) is 0 Å². The Morgan fingerprint density at radius 3 is 2.79 bits per heavy atom. The number of nitrogens with one attached hydrogen (secondary N) is 2. The molecule has 0 radical (unpaired) electrons. The van der Waals surface area contributed by atoms with Crippen molar-refractivity contribution in [2.45, 2.75) is 52.6 Å². The minimum atomic E-state index is -0.151. The maximum atomic E-state index is 11.8. The first-order chi connectivity index (χ1) is 9.13. The molecule has 1 aromatic rings. The topological polar surface area (TPSA) is 41.1 Å². The summed E-state index contributed by atoms with van der Waals surface area (Å²) in [6.45, 7) is 7.65. The monoisotopic (exact) mass is 262 g/mol. The minimum absolute atomic E-state index is 0.0868. The van der Waals surface area contributed by atoms with Crippen molar-refractivity contribution in [3.63, 3.8) is 0 Å². The lowest BCUT2D eigenvalue weighted by atomic mass is 10.1. The quantitative estimate of drug-likeness (QED) is 0.707. The molecule has 0 aliphatic rings. The Morgan fingerprint density at radius 1 is 1.32 bits per heavy atom. The fourth-order valence-electron chi connectivity index (χ4n) is 1.93. The summed E-state index contributed by atoms with van der Waals surface area (Å²) in [5.41, 5.74) is 2.46. The molecule has 1 amide bonds. The molecule has 19 heavy (non-hydrogen) atoms. The van der Waals surface area contributed by atoms with Crippen molar-refractivity contribution in [1.29, 1.82) is 0 Å². The summed E-state index contributed by atoms with van der Waals surface area (Å²) < 4.78 is 0. The van der Waals surface area contributed by atoms with Crippen LogP contribution in [0.1, 0.15) is 44.2 Å². The Hall–Kier alpha value is -1.35. The molecule has 1 rings (SSSR count). The normalized spacial score (nSPS) is 12.2. The highest BCUT2D eigenvalue weighted by Gasteiger charge is 2.10. The number of aryl methyl sites for hydroxylation is 1. The molecule has 1 atom stereocenters. The second-order valence-corrected chi connectivity index (χ2v) is 5.09. The minimum Gasteiger partial charge on any atom is -0.355 e. The predicted octanol–water partition coefficient (Wildman–Crippen LogP) is 2.78. The van der Waals surface area contributed by atoms with Crippen molar-refractivity contribution in [3.05, 3.63) is 35.4 Å². The van der Waals surface area contributed by atoms with Gasteiger partial charge in [0.15, 0.2) is 0 Å². The van der Waals surface area contributed by atoms with Crippen LogP contribution < -0.4 is 10.6 Å². The summed E-state index contributed by atoms with van der Waals surface area (Å²) in [5, 5.41) is 6.22. The zero-order valence-corrected chi connectivity index (χ0v) is 12.3. The van der Waals surface area contributed by atoms with Gasteiger partial charge >= 0.3 is 0 Å². The van der Waals surface area contributed by atoms with E-state index in [1.54, 1.807) is 0 Å². The second-order valence-electron chi connectivity index (χ2n) is 5.09. The van der Waals surface area contributed by atoms with Gasteiger partial charge in [0, 0.05) is 13.1 Å². The van der Waals surface area contributed by atoms with Gasteiger partial charge in [0.05, 0.1) is 6.04 Å². The molecule has 1 aromatic carbocycles. The zero-order chi connectivity index (χ0) is 14.1. The molecule has 2 N–H and O–H groups in total. The lowest BCUT2D eigenvalue weighted by Gasteiger charge is -2.14. The molecular formula is C16H26N2O. The summed E-state index contributed by atoms with van der Waals surface area (Å²) in [4.78, 5) is 11.8. The lowest BCUT2D eigenvalue weighted by Crippen LogP contribution is -2.42. The van der Waals surface area contributed by atoms with Gasteiger partial charge in [0.2, 0.25) is 5.91 Å². The molecule has 0 aliphatic heterocycles. The number of hydrogen-bond donors (Lipinski definition) is 2. The first kappa shape index (κ1) is 15.7. The molecule has 0 aliphatic carbocycles. The molecule has 0 aromatic heterocycles. The van der Waals surface area contributed by atoms with E-state index in [1.807, 2.05) is 13.0 Å². The molecule has 106 valence electrons. The van der Waals surface area contributed by atoms with Crippen molar-refractivity contribution >= 4 is 5.91 Å². The maximum absolute atomic E-state index is 11.8. The van der Waals surface area contributed by atoms with Crippen LogP contribution in [-0.2, 0) is 11.3 Å². The van der Waals surface area contributed by atoms with E-state index in [0.717, 1.165) is 19.5 Å². The van der Waals surface area contributed by atoms with Gasteiger partial charge < -0.3 is 10.6 Å². The Kier molecular flexibility index (Phi) is 7.19. The van der Waals surface area contributed by atoms with Crippen LogP contribution in [0.25, 0.3) is 0 Å². The van der Waals surface area contributed by atoms with Crippen LogP contribution in [-0.4, -0.2) is 18.5 Å². The number of unbranched alkanes of at least 4 members (excludes halogenated alkanes) is 2. The summed E-state index contributed by atoms with van der Waals surface area (Å²) in [6, 6.07) is 8.18. The molecule has 0 heterocycles. The van der Waals surface area contributed by atoms with Gasteiger partial charge in [-0.3, -0.25) is 4.79 Å². The van der Waals surface area contributed by atoms with Crippen molar-refractivity contribution in [1.82, 2.24) is 10.6 Å². The predicted molar refractivity (Wildman–Crippen MR) is 80.0 cm³/mol. The van der Waals surface area contributed by atoms with E-state index in [4.69, 9.17) is 0 Å². The number of carbonyl (C=O) groups is 1. The van der Waals surface area contributed by atoms with Gasteiger partial charge in [0.1, 0.15) is 0 Å². The van der Waals surface area contributed by atoms with Gasteiger partial charge in [-0.1, -0.05) is 49.6 Å². The summed E-state index contributed by atoms with van der Waals surface area (Å²) in [6.07, 6.45) is 3.41. The molecule has 3 nitrogen and oxygen atoms in total. The standard InChI is InChI=1S/C16H26N2O/c1-4-5-6-10-17-16(19)14(3)18-12-15-9-7-8-13(2)11-15/h7-9,11,14,18H,4-6,10,12H2,1-3H3,(H,17,19). The average Bonchev–Trinajstić information content (AvgIpc) is 2.41. The fourth-order valence-corrected chi connectivity index (χ4v) is 1.93. The van der Waals surface area contributed by atoms with E-state index < -0.39 is 0 Å². The summed E-state index contributed by atoms with van der Waals surface area (Å²) >= 11 is 0. The third-order valence-corrected chi connectivity index (χ3v) is 3.17. The van der Waals surface area contributed by atoms with Crippen molar-refractivity contribution in [2.75, 3.05) is 6.54 Å². The van der Waals surface area contributed by atoms with E-state index in [1.165, 1.54) is 24.0 Å². The smallest absolute Gasteiger partial charge is 0.236 e. The van der Waals surface area contributed by atoms with E-state index in [9.17, 15) is 4.79 Å². The highest BCUT2D eigenvalue weighted by Crippen LogP contribution is 2.03. The highest BCUT2D eigenvalue weighted by atomic mass is 16.2. The van der Waals surface area contributed by atoms with Crippen LogP contribution in [0.2, 0.25) is 0 Å². The van der Waals surface area contributed by atoms with Gasteiger partial charge in [-0.25, -0.2) is 0 Å². The van der Waals surface area contributed by atoms with E-state index in [0.29, 0.717) is 0 Å². The van der Waals surface area contributed by atoms with Crippen molar-refractivity contribution < 1.29 is 4.79 Å². The first-order valence-electron chi connectivity index (χ1n) is 7.20. The Labute approximate surface area is 116 Å². The van der Waals surface area contributed by atoms with Crippen molar-refractivity contribution in [2.24, 2.45) is 0 Å². The molecule has 1 unspecified atom stereocenters.